The molecule has 1 aliphatic carbocycles. The summed E-state index contributed by atoms with van der Waals surface area (Å²) in [4.78, 5) is 0. The highest BCUT2D eigenvalue weighted by Gasteiger charge is 2.26. The smallest absolute Gasteiger partial charge is 0.284 e. The first-order valence-electron chi connectivity index (χ1n) is 7.17. The highest BCUT2D eigenvalue weighted by molar-refractivity contribution is 5.34. The van der Waals surface area contributed by atoms with E-state index >= 15 is 0 Å². The number of hydrogen-bond donors (Lipinski definition) is 1. The van der Waals surface area contributed by atoms with Crippen LogP contribution in [0.25, 0.3) is 5.69 Å². The molecule has 0 saturated heterocycles. The van der Waals surface area contributed by atoms with Crippen molar-refractivity contribution in [2.24, 2.45) is 5.92 Å². The molecule has 0 bridgehead atoms. The van der Waals surface area contributed by atoms with E-state index in [1.54, 1.807) is 29.3 Å². The molecular weight excluding hydrogens is 278 g/mol. The molecule has 5 nitrogen and oxygen atoms in total. The first-order valence-corrected chi connectivity index (χ1v) is 7.17. The fourth-order valence-corrected chi connectivity index (χ4v) is 2.92. The van der Waals surface area contributed by atoms with Crippen LogP contribution >= 0.6 is 0 Å². The van der Waals surface area contributed by atoms with Gasteiger partial charge in [0.25, 0.3) is 6.43 Å². The van der Waals surface area contributed by atoms with Gasteiger partial charge in [-0.15, -0.1) is 0 Å². The molecule has 1 saturated carbocycles. The van der Waals surface area contributed by atoms with E-state index in [-0.39, 0.29) is 18.3 Å². The van der Waals surface area contributed by atoms with Crippen LogP contribution in [0, 0.1) is 5.92 Å². The molecule has 0 unspecified atom stereocenters. The summed E-state index contributed by atoms with van der Waals surface area (Å²) in [6.07, 6.45) is 5.74. The minimum atomic E-state index is -2.63. The molecule has 7 heteroatoms. The highest BCUT2D eigenvalue weighted by Crippen LogP contribution is 2.33. The molecule has 2 aromatic rings. The molecule has 2 aromatic heterocycles. The molecule has 1 N–H and O–H groups in total. The number of alkyl halides is 2. The molecule has 0 radical (unpaired) electrons. The molecule has 1 fully saturated rings. The molecular formula is C14H18F2N4O. The highest BCUT2D eigenvalue weighted by atomic mass is 19.3. The van der Waals surface area contributed by atoms with Crippen molar-refractivity contribution in [3.05, 3.63) is 30.4 Å². The number of aromatic nitrogens is 4. The van der Waals surface area contributed by atoms with E-state index in [9.17, 15) is 8.78 Å². The third-order valence-electron chi connectivity index (χ3n) is 4.15. The Morgan fingerprint density at radius 3 is 2.62 bits per heavy atom. The summed E-state index contributed by atoms with van der Waals surface area (Å²) in [5.74, 6) is 0.331. The van der Waals surface area contributed by atoms with Gasteiger partial charge in [-0.05, 0) is 37.7 Å². The van der Waals surface area contributed by atoms with Gasteiger partial charge in [-0.1, -0.05) is 0 Å². The van der Waals surface area contributed by atoms with Gasteiger partial charge in [0.05, 0.1) is 12.2 Å². The van der Waals surface area contributed by atoms with E-state index in [1.165, 1.54) is 4.68 Å². The number of rotatable bonds is 4. The first-order chi connectivity index (χ1) is 10.2. The summed E-state index contributed by atoms with van der Waals surface area (Å²) in [5.41, 5.74) is 0.0993. The Labute approximate surface area is 121 Å². The maximum atomic E-state index is 13.2. The predicted molar refractivity (Wildman–Crippen MR) is 72.4 cm³/mol. The van der Waals surface area contributed by atoms with E-state index in [2.05, 4.69) is 10.2 Å². The van der Waals surface area contributed by atoms with Crippen molar-refractivity contribution in [2.75, 3.05) is 6.61 Å². The maximum absolute atomic E-state index is 13.2. The minimum absolute atomic E-state index is 0.120. The summed E-state index contributed by atoms with van der Waals surface area (Å²) >= 11 is 0. The fraction of sp³-hybridized carbons (Fsp3) is 0.571. The van der Waals surface area contributed by atoms with Crippen LogP contribution in [-0.4, -0.2) is 31.3 Å². The maximum Gasteiger partial charge on any atom is 0.284 e. The van der Waals surface area contributed by atoms with Gasteiger partial charge < -0.3 is 5.11 Å². The number of hydrogen-bond acceptors (Lipinski definition) is 3. The monoisotopic (exact) mass is 296 g/mol. The average molecular weight is 296 g/mol. The second kappa shape index (κ2) is 5.93. The lowest BCUT2D eigenvalue weighted by Gasteiger charge is -2.27. The average Bonchev–Trinajstić information content (AvgIpc) is 3.16. The van der Waals surface area contributed by atoms with Gasteiger partial charge in [0.1, 0.15) is 5.69 Å². The normalized spacial score (nSPS) is 22.9. The summed E-state index contributed by atoms with van der Waals surface area (Å²) in [7, 11) is 0. The molecule has 0 atom stereocenters. The fourth-order valence-electron chi connectivity index (χ4n) is 2.92. The Hall–Kier alpha value is -1.76. The van der Waals surface area contributed by atoms with Crippen molar-refractivity contribution in [1.29, 1.82) is 0 Å². The van der Waals surface area contributed by atoms with Gasteiger partial charge in [-0.2, -0.15) is 10.2 Å². The number of aliphatic hydroxyl groups is 1. The summed E-state index contributed by atoms with van der Waals surface area (Å²) < 4.78 is 29.4. The third kappa shape index (κ3) is 2.83. The molecule has 0 aliphatic heterocycles. The Balaban J connectivity index is 1.85. The quantitative estimate of drug-likeness (QED) is 0.944. The van der Waals surface area contributed by atoms with Gasteiger partial charge in [0.15, 0.2) is 5.69 Å². The number of nitrogens with zero attached hydrogens (tertiary/aromatic N) is 4. The Morgan fingerprint density at radius 1 is 1.29 bits per heavy atom. The van der Waals surface area contributed by atoms with Crippen LogP contribution < -0.4 is 0 Å². The second-order valence-corrected chi connectivity index (χ2v) is 5.49. The SMILES string of the molecule is OCC1CCC(n2cc(-n3cccn3)c(C(F)F)n2)CC1. The lowest BCUT2D eigenvalue weighted by Crippen LogP contribution is -2.20. The van der Waals surface area contributed by atoms with Gasteiger partial charge in [-0.3, -0.25) is 4.68 Å². The molecule has 2 heterocycles. The minimum Gasteiger partial charge on any atom is -0.396 e. The van der Waals surface area contributed by atoms with E-state index in [0.29, 0.717) is 11.6 Å². The van der Waals surface area contributed by atoms with Crippen LogP contribution in [0.2, 0.25) is 0 Å². The van der Waals surface area contributed by atoms with Crippen molar-refractivity contribution < 1.29 is 13.9 Å². The van der Waals surface area contributed by atoms with E-state index in [0.717, 1.165) is 25.7 Å². The lowest BCUT2D eigenvalue weighted by molar-refractivity contribution is 0.141. The molecule has 0 spiro atoms. The zero-order chi connectivity index (χ0) is 14.8. The summed E-state index contributed by atoms with van der Waals surface area (Å²) in [5, 5.41) is 17.3. The molecule has 21 heavy (non-hydrogen) atoms. The molecule has 114 valence electrons. The second-order valence-electron chi connectivity index (χ2n) is 5.49. The van der Waals surface area contributed by atoms with Crippen molar-refractivity contribution in [2.45, 2.75) is 38.2 Å². The van der Waals surface area contributed by atoms with Crippen LogP contribution in [0.1, 0.15) is 43.8 Å². The van der Waals surface area contributed by atoms with Crippen molar-refractivity contribution in [3.8, 4) is 5.69 Å². The molecule has 1 aliphatic rings. The standard InChI is InChI=1S/C14H18F2N4O/c15-14(16)13-12(19-7-1-6-17-19)8-20(18-13)11-4-2-10(9-21)3-5-11/h1,6-8,10-11,14,21H,2-5,9H2. The summed E-state index contributed by atoms with van der Waals surface area (Å²) in [6, 6.07) is 1.81. The topological polar surface area (TPSA) is 55.9 Å². The van der Waals surface area contributed by atoms with Crippen molar-refractivity contribution in [1.82, 2.24) is 19.6 Å². The largest absolute Gasteiger partial charge is 0.396 e. The van der Waals surface area contributed by atoms with E-state index < -0.39 is 6.43 Å². The van der Waals surface area contributed by atoms with Crippen LogP contribution in [0.5, 0.6) is 0 Å². The lowest BCUT2D eigenvalue weighted by atomic mass is 9.87. The van der Waals surface area contributed by atoms with E-state index in [1.807, 2.05) is 0 Å². The Bertz CT molecular complexity index is 574. The van der Waals surface area contributed by atoms with Gasteiger partial charge in [0.2, 0.25) is 0 Å². The Morgan fingerprint density at radius 2 is 2.05 bits per heavy atom. The van der Waals surface area contributed by atoms with E-state index in [4.69, 9.17) is 5.11 Å². The number of halogens is 2. The Kier molecular flexibility index (Phi) is 4.01. The van der Waals surface area contributed by atoms with Gasteiger partial charge in [-0.25, -0.2) is 13.5 Å². The zero-order valence-corrected chi connectivity index (χ0v) is 11.6. The third-order valence-corrected chi connectivity index (χ3v) is 4.15. The van der Waals surface area contributed by atoms with Crippen molar-refractivity contribution >= 4 is 0 Å². The van der Waals surface area contributed by atoms with Crippen LogP contribution in [0.15, 0.2) is 24.7 Å². The molecule has 3 rings (SSSR count). The first kappa shape index (κ1) is 14.2. The number of aliphatic hydroxyl groups excluding tert-OH is 1. The molecule has 0 aromatic carbocycles. The van der Waals surface area contributed by atoms with Gasteiger partial charge >= 0.3 is 0 Å². The predicted octanol–water partition coefficient (Wildman–Crippen LogP) is 2.73. The summed E-state index contributed by atoms with van der Waals surface area (Å²) in [6.45, 7) is 0.201. The van der Waals surface area contributed by atoms with Crippen LogP contribution in [0.4, 0.5) is 8.78 Å². The van der Waals surface area contributed by atoms with Gasteiger partial charge in [0, 0.05) is 19.0 Å². The van der Waals surface area contributed by atoms with Crippen molar-refractivity contribution in [3.63, 3.8) is 0 Å². The van der Waals surface area contributed by atoms with Crippen LogP contribution in [0.3, 0.4) is 0 Å². The van der Waals surface area contributed by atoms with Crippen LogP contribution in [-0.2, 0) is 0 Å². The zero-order valence-electron chi connectivity index (χ0n) is 11.6. The molecule has 0 amide bonds.